The molecular weight excluding hydrogens is 350 g/mol. The van der Waals surface area contributed by atoms with Crippen molar-refractivity contribution >= 4 is 27.5 Å². The Morgan fingerprint density at radius 1 is 1.25 bits per heavy atom. The number of methoxy groups -OCH3 is 1. The summed E-state index contributed by atoms with van der Waals surface area (Å²) in [7, 11) is 1.54. The van der Waals surface area contributed by atoms with Crippen molar-refractivity contribution in [2.75, 3.05) is 7.11 Å². The van der Waals surface area contributed by atoms with Gasteiger partial charge in [-0.15, -0.1) is 0 Å². The van der Waals surface area contributed by atoms with Crippen molar-refractivity contribution in [1.29, 1.82) is 0 Å². The van der Waals surface area contributed by atoms with E-state index in [0.29, 0.717) is 22.8 Å². The van der Waals surface area contributed by atoms with Crippen molar-refractivity contribution in [2.45, 2.75) is 11.2 Å². The van der Waals surface area contributed by atoms with Crippen LogP contribution in [0.2, 0.25) is 5.02 Å². The second-order valence-corrected chi connectivity index (χ2v) is 5.79. The first-order valence-corrected chi connectivity index (χ1v) is 7.22. The molecule has 0 spiro atoms. The Bertz CT molecular complexity index is 619. The summed E-state index contributed by atoms with van der Waals surface area (Å²) in [5.41, 5.74) is 1.19. The van der Waals surface area contributed by atoms with Gasteiger partial charge in [-0.2, -0.15) is 0 Å². The van der Waals surface area contributed by atoms with Crippen molar-refractivity contribution in [1.82, 2.24) is 0 Å². The Labute approximate surface area is 129 Å². The lowest BCUT2D eigenvalue weighted by Crippen LogP contribution is -2.00. The van der Waals surface area contributed by atoms with Crippen LogP contribution in [0.1, 0.15) is 16.0 Å². The summed E-state index contributed by atoms with van der Waals surface area (Å²) in [6, 6.07) is 9.49. The van der Waals surface area contributed by atoms with E-state index in [1.807, 2.05) is 6.07 Å². The molecule has 2 aromatic rings. The van der Waals surface area contributed by atoms with Crippen molar-refractivity contribution in [3.8, 4) is 5.75 Å². The van der Waals surface area contributed by atoms with E-state index < -0.39 is 11.6 Å². The highest BCUT2D eigenvalue weighted by atomic mass is 79.9. The van der Waals surface area contributed by atoms with Gasteiger partial charge < -0.3 is 4.74 Å². The van der Waals surface area contributed by atoms with E-state index in [-0.39, 0.29) is 4.83 Å². The largest absolute Gasteiger partial charge is 0.495 e. The summed E-state index contributed by atoms with van der Waals surface area (Å²) in [6.07, 6.45) is 0.326. The maximum absolute atomic E-state index is 13.6. The summed E-state index contributed by atoms with van der Waals surface area (Å²) in [5, 5.41) is 0.481. The van der Waals surface area contributed by atoms with Gasteiger partial charge in [-0.05, 0) is 35.7 Å². The molecule has 0 fully saturated rings. The van der Waals surface area contributed by atoms with E-state index in [0.717, 1.165) is 11.6 Å². The molecular formula is C15H12BrClF2O. The number of halogens is 4. The third-order valence-electron chi connectivity index (χ3n) is 2.97. The fourth-order valence-corrected chi connectivity index (χ4v) is 2.79. The van der Waals surface area contributed by atoms with E-state index in [9.17, 15) is 8.78 Å². The van der Waals surface area contributed by atoms with Gasteiger partial charge in [0.25, 0.3) is 0 Å². The van der Waals surface area contributed by atoms with Gasteiger partial charge in [-0.3, -0.25) is 0 Å². The topological polar surface area (TPSA) is 9.23 Å². The van der Waals surface area contributed by atoms with Crippen LogP contribution in [0.5, 0.6) is 5.75 Å². The molecule has 5 heteroatoms. The lowest BCUT2D eigenvalue weighted by molar-refractivity contribution is 0.415. The van der Waals surface area contributed by atoms with Gasteiger partial charge >= 0.3 is 0 Å². The Balaban J connectivity index is 2.21. The van der Waals surface area contributed by atoms with E-state index in [2.05, 4.69) is 15.9 Å². The third kappa shape index (κ3) is 3.30. The SMILES string of the molecule is COc1ccc(C(Br)Cc2cccc(F)c2F)cc1Cl. The molecule has 0 saturated carbocycles. The molecule has 0 amide bonds. The maximum Gasteiger partial charge on any atom is 0.162 e. The maximum atomic E-state index is 13.6. The van der Waals surface area contributed by atoms with Crippen LogP contribution in [-0.4, -0.2) is 7.11 Å². The quantitative estimate of drug-likeness (QED) is 0.671. The number of hydrogen-bond donors (Lipinski definition) is 0. The second-order valence-electron chi connectivity index (χ2n) is 4.28. The molecule has 0 N–H and O–H groups in total. The second kappa shape index (κ2) is 6.55. The molecule has 1 atom stereocenters. The fourth-order valence-electron chi connectivity index (χ4n) is 1.89. The Morgan fingerprint density at radius 3 is 2.65 bits per heavy atom. The number of ether oxygens (including phenoxy) is 1. The molecule has 2 rings (SSSR count). The first kappa shape index (κ1) is 15.3. The first-order chi connectivity index (χ1) is 9.52. The zero-order chi connectivity index (χ0) is 14.7. The molecule has 0 aliphatic carbocycles. The molecule has 0 saturated heterocycles. The lowest BCUT2D eigenvalue weighted by atomic mass is 10.0. The van der Waals surface area contributed by atoms with Crippen LogP contribution in [0.4, 0.5) is 8.78 Å². The van der Waals surface area contributed by atoms with Crippen molar-refractivity contribution < 1.29 is 13.5 Å². The van der Waals surface area contributed by atoms with Crippen LogP contribution in [0.15, 0.2) is 36.4 Å². The highest BCUT2D eigenvalue weighted by Gasteiger charge is 2.15. The molecule has 1 unspecified atom stereocenters. The zero-order valence-electron chi connectivity index (χ0n) is 10.7. The van der Waals surface area contributed by atoms with Crippen molar-refractivity contribution in [2.24, 2.45) is 0 Å². The minimum absolute atomic E-state index is 0.165. The number of alkyl halides is 1. The molecule has 106 valence electrons. The molecule has 0 aromatic heterocycles. The summed E-state index contributed by atoms with van der Waals surface area (Å²) in [5.74, 6) is -1.07. The van der Waals surface area contributed by atoms with E-state index >= 15 is 0 Å². The van der Waals surface area contributed by atoms with Gasteiger partial charge in [0.05, 0.1) is 12.1 Å². The molecule has 0 bridgehead atoms. The number of rotatable bonds is 4. The van der Waals surface area contributed by atoms with Crippen LogP contribution < -0.4 is 4.74 Å². The van der Waals surface area contributed by atoms with Crippen LogP contribution in [0.3, 0.4) is 0 Å². The summed E-state index contributed by atoms with van der Waals surface area (Å²) < 4.78 is 31.9. The van der Waals surface area contributed by atoms with Gasteiger partial charge in [-0.25, -0.2) is 8.78 Å². The predicted molar refractivity (Wildman–Crippen MR) is 79.7 cm³/mol. The molecule has 2 aromatic carbocycles. The van der Waals surface area contributed by atoms with E-state index in [4.69, 9.17) is 16.3 Å². The smallest absolute Gasteiger partial charge is 0.162 e. The molecule has 0 heterocycles. The molecule has 0 aliphatic rings. The number of benzene rings is 2. The first-order valence-electron chi connectivity index (χ1n) is 5.93. The molecule has 0 radical (unpaired) electrons. The van der Waals surface area contributed by atoms with Gasteiger partial charge in [-0.1, -0.05) is 45.7 Å². The van der Waals surface area contributed by atoms with Crippen LogP contribution in [0, 0.1) is 11.6 Å². The van der Waals surface area contributed by atoms with E-state index in [1.54, 1.807) is 18.2 Å². The average Bonchev–Trinajstić information content (AvgIpc) is 2.43. The van der Waals surface area contributed by atoms with Crippen LogP contribution >= 0.6 is 27.5 Å². The summed E-state index contributed by atoms with van der Waals surface area (Å²) in [6.45, 7) is 0. The molecule has 0 aliphatic heterocycles. The Hall–Kier alpha value is -1.13. The Morgan fingerprint density at radius 2 is 2.00 bits per heavy atom. The third-order valence-corrected chi connectivity index (χ3v) is 4.12. The van der Waals surface area contributed by atoms with Gasteiger partial charge in [0.2, 0.25) is 0 Å². The average molecular weight is 362 g/mol. The van der Waals surface area contributed by atoms with Crippen LogP contribution in [0.25, 0.3) is 0 Å². The zero-order valence-corrected chi connectivity index (χ0v) is 13.0. The summed E-state index contributed by atoms with van der Waals surface area (Å²) in [4.78, 5) is -0.165. The predicted octanol–water partition coefficient (Wildman–Crippen LogP) is 5.31. The van der Waals surface area contributed by atoms with E-state index in [1.165, 1.54) is 13.2 Å². The molecule has 20 heavy (non-hydrogen) atoms. The van der Waals surface area contributed by atoms with Gasteiger partial charge in [0.15, 0.2) is 11.6 Å². The van der Waals surface area contributed by atoms with Crippen LogP contribution in [-0.2, 0) is 6.42 Å². The highest BCUT2D eigenvalue weighted by Crippen LogP contribution is 2.33. The minimum atomic E-state index is -0.838. The monoisotopic (exact) mass is 360 g/mol. The highest BCUT2D eigenvalue weighted by molar-refractivity contribution is 9.09. The van der Waals surface area contributed by atoms with Crippen molar-refractivity contribution in [3.63, 3.8) is 0 Å². The van der Waals surface area contributed by atoms with Crippen molar-refractivity contribution in [3.05, 3.63) is 64.2 Å². The fraction of sp³-hybridized carbons (Fsp3) is 0.200. The lowest BCUT2D eigenvalue weighted by Gasteiger charge is -2.13. The van der Waals surface area contributed by atoms with Gasteiger partial charge in [0.1, 0.15) is 5.75 Å². The molecule has 1 nitrogen and oxygen atoms in total. The van der Waals surface area contributed by atoms with Gasteiger partial charge in [0, 0.05) is 4.83 Å². The number of hydrogen-bond acceptors (Lipinski definition) is 1. The summed E-state index contributed by atoms with van der Waals surface area (Å²) >= 11 is 9.53. The minimum Gasteiger partial charge on any atom is -0.495 e. The Kier molecular flexibility index (Phi) is 5.00. The standard InChI is InChI=1S/C15H12BrClF2O/c1-20-14-6-5-9(8-12(14)17)11(16)7-10-3-2-4-13(18)15(10)19/h2-6,8,11H,7H2,1H3. The normalized spacial score (nSPS) is 12.2.